The average Bonchev–Trinajstić information content (AvgIpc) is 2.94. The second-order valence-electron chi connectivity index (χ2n) is 4.89. The van der Waals surface area contributed by atoms with Gasteiger partial charge in [-0.3, -0.25) is 4.79 Å². The number of rotatable bonds is 1. The Bertz CT molecular complexity index is 438. The maximum Gasteiger partial charge on any atom is 0.256 e. The van der Waals surface area contributed by atoms with E-state index in [2.05, 4.69) is 13.0 Å². The fraction of sp³-hybridized carbons (Fsp3) is 0.500. The lowest BCUT2D eigenvalue weighted by atomic mass is 10.1. The van der Waals surface area contributed by atoms with Crippen molar-refractivity contribution in [2.24, 2.45) is 0 Å². The fourth-order valence-corrected chi connectivity index (χ4v) is 2.83. The molecular formula is C14H17NO2. The van der Waals surface area contributed by atoms with E-state index in [0.29, 0.717) is 0 Å². The molecule has 2 aliphatic rings. The fourth-order valence-electron chi connectivity index (χ4n) is 2.83. The van der Waals surface area contributed by atoms with Crippen LogP contribution in [-0.2, 0) is 16.0 Å². The first-order valence-corrected chi connectivity index (χ1v) is 6.30. The zero-order valence-electron chi connectivity index (χ0n) is 10.1. The van der Waals surface area contributed by atoms with Crippen LogP contribution in [0.25, 0.3) is 0 Å². The Labute approximate surface area is 101 Å². The van der Waals surface area contributed by atoms with E-state index in [-0.39, 0.29) is 18.1 Å². The predicted molar refractivity (Wildman–Crippen MR) is 66.1 cm³/mol. The molecule has 0 N–H and O–H groups in total. The van der Waals surface area contributed by atoms with Crippen molar-refractivity contribution in [3.8, 4) is 0 Å². The number of nitrogens with zero attached hydrogens (tertiary/aromatic N) is 1. The highest BCUT2D eigenvalue weighted by Crippen LogP contribution is 2.33. The molecule has 1 fully saturated rings. The molecule has 0 aliphatic carbocycles. The number of hydrogen-bond acceptors (Lipinski definition) is 2. The summed E-state index contributed by atoms with van der Waals surface area (Å²) in [6.07, 6.45) is 2.60. The number of fused-ring (bicyclic) bond motifs is 1. The summed E-state index contributed by atoms with van der Waals surface area (Å²) >= 11 is 0. The third kappa shape index (κ3) is 1.75. The maximum atomic E-state index is 12.4. The largest absolute Gasteiger partial charge is 0.368 e. The number of hydrogen-bond donors (Lipinski definition) is 0. The molecule has 0 saturated carbocycles. The molecule has 0 spiro atoms. The second-order valence-corrected chi connectivity index (χ2v) is 4.89. The van der Waals surface area contributed by atoms with E-state index in [0.717, 1.165) is 31.6 Å². The number of ether oxygens (including phenoxy) is 1. The molecule has 0 unspecified atom stereocenters. The van der Waals surface area contributed by atoms with E-state index in [4.69, 9.17) is 4.74 Å². The van der Waals surface area contributed by atoms with Gasteiger partial charge in [0.15, 0.2) is 0 Å². The highest BCUT2D eigenvalue weighted by Gasteiger charge is 2.36. The van der Waals surface area contributed by atoms with Gasteiger partial charge < -0.3 is 9.64 Å². The van der Waals surface area contributed by atoms with Gasteiger partial charge in [-0.1, -0.05) is 18.2 Å². The summed E-state index contributed by atoms with van der Waals surface area (Å²) in [6, 6.07) is 8.42. The minimum absolute atomic E-state index is 0.139. The van der Waals surface area contributed by atoms with Crippen LogP contribution < -0.4 is 4.90 Å². The number of carbonyl (C=O) groups is 1. The highest BCUT2D eigenvalue weighted by molar-refractivity contribution is 5.99. The van der Waals surface area contributed by atoms with Gasteiger partial charge in [-0.25, -0.2) is 0 Å². The van der Waals surface area contributed by atoms with Crippen LogP contribution in [0.15, 0.2) is 24.3 Å². The van der Waals surface area contributed by atoms with Gasteiger partial charge in [0.05, 0.1) is 0 Å². The van der Waals surface area contributed by atoms with Crippen LogP contribution >= 0.6 is 0 Å². The quantitative estimate of drug-likeness (QED) is 0.741. The molecule has 1 amide bonds. The van der Waals surface area contributed by atoms with Crippen molar-refractivity contribution < 1.29 is 9.53 Å². The Morgan fingerprint density at radius 1 is 1.41 bits per heavy atom. The first-order valence-electron chi connectivity index (χ1n) is 6.30. The number of anilines is 1. The van der Waals surface area contributed by atoms with E-state index >= 15 is 0 Å². The van der Waals surface area contributed by atoms with E-state index in [1.165, 1.54) is 5.56 Å². The number of para-hydroxylation sites is 1. The molecule has 0 radical (unpaired) electrons. The smallest absolute Gasteiger partial charge is 0.256 e. The first-order chi connectivity index (χ1) is 8.27. The van der Waals surface area contributed by atoms with Crippen molar-refractivity contribution in [1.29, 1.82) is 0 Å². The summed E-state index contributed by atoms with van der Waals surface area (Å²) in [7, 11) is 0. The van der Waals surface area contributed by atoms with Crippen LogP contribution in [0.4, 0.5) is 5.69 Å². The zero-order valence-corrected chi connectivity index (χ0v) is 10.1. The van der Waals surface area contributed by atoms with E-state index in [1.54, 1.807) is 0 Å². The zero-order chi connectivity index (χ0) is 11.8. The van der Waals surface area contributed by atoms with Gasteiger partial charge in [0.2, 0.25) is 0 Å². The van der Waals surface area contributed by atoms with Crippen molar-refractivity contribution in [3.63, 3.8) is 0 Å². The first kappa shape index (κ1) is 10.8. The average molecular weight is 231 g/mol. The van der Waals surface area contributed by atoms with Gasteiger partial charge >= 0.3 is 0 Å². The van der Waals surface area contributed by atoms with Crippen LogP contribution in [0, 0.1) is 0 Å². The van der Waals surface area contributed by atoms with Crippen LogP contribution in [0.5, 0.6) is 0 Å². The molecule has 0 aromatic heterocycles. The van der Waals surface area contributed by atoms with Crippen LogP contribution in [0.3, 0.4) is 0 Å². The van der Waals surface area contributed by atoms with Crippen molar-refractivity contribution in [3.05, 3.63) is 29.8 Å². The molecule has 2 atom stereocenters. The monoisotopic (exact) mass is 231 g/mol. The summed E-state index contributed by atoms with van der Waals surface area (Å²) in [5.74, 6) is 0.139. The molecule has 90 valence electrons. The summed E-state index contributed by atoms with van der Waals surface area (Å²) in [6.45, 7) is 2.83. The lowest BCUT2D eigenvalue weighted by Gasteiger charge is -2.25. The van der Waals surface area contributed by atoms with Gasteiger partial charge in [0.25, 0.3) is 5.91 Å². The Morgan fingerprint density at radius 2 is 2.24 bits per heavy atom. The minimum Gasteiger partial charge on any atom is -0.368 e. The standard InChI is InChI=1S/C14H17NO2/c1-10-9-11-5-2-3-6-12(11)15(10)14(16)13-7-4-8-17-13/h2-3,5-6,10,13H,4,7-9H2,1H3/t10-,13-/m1/s1. The van der Waals surface area contributed by atoms with E-state index in [1.807, 2.05) is 23.1 Å². The molecule has 2 heterocycles. The lowest BCUT2D eigenvalue weighted by Crippen LogP contribution is -2.42. The topological polar surface area (TPSA) is 29.5 Å². The third-order valence-corrected chi connectivity index (χ3v) is 3.65. The molecule has 1 aromatic rings. The SMILES string of the molecule is C[C@@H]1Cc2ccccc2N1C(=O)[C@H]1CCCO1. The summed E-state index contributed by atoms with van der Waals surface area (Å²) < 4.78 is 5.50. The van der Waals surface area contributed by atoms with Crippen molar-refractivity contribution in [2.45, 2.75) is 38.3 Å². The molecular weight excluding hydrogens is 214 g/mol. The maximum absolute atomic E-state index is 12.4. The van der Waals surface area contributed by atoms with Gasteiger partial charge in [0, 0.05) is 18.3 Å². The van der Waals surface area contributed by atoms with Crippen LogP contribution in [0.2, 0.25) is 0 Å². The second kappa shape index (κ2) is 4.15. The summed E-state index contributed by atoms with van der Waals surface area (Å²) in [4.78, 5) is 14.3. The van der Waals surface area contributed by atoms with Gasteiger partial charge in [0.1, 0.15) is 6.10 Å². The van der Waals surface area contributed by atoms with E-state index < -0.39 is 0 Å². The predicted octanol–water partition coefficient (Wildman–Crippen LogP) is 2.14. The Kier molecular flexibility index (Phi) is 2.63. The van der Waals surface area contributed by atoms with E-state index in [9.17, 15) is 4.79 Å². The molecule has 3 heteroatoms. The summed E-state index contributed by atoms with van der Waals surface area (Å²) in [5.41, 5.74) is 2.34. The Morgan fingerprint density at radius 3 is 3.00 bits per heavy atom. The van der Waals surface area contributed by atoms with Crippen molar-refractivity contribution in [2.75, 3.05) is 11.5 Å². The third-order valence-electron chi connectivity index (χ3n) is 3.65. The molecule has 1 saturated heterocycles. The van der Waals surface area contributed by atoms with Crippen molar-refractivity contribution in [1.82, 2.24) is 0 Å². The van der Waals surface area contributed by atoms with Crippen molar-refractivity contribution >= 4 is 11.6 Å². The molecule has 3 rings (SSSR count). The van der Waals surface area contributed by atoms with Gasteiger partial charge in [-0.2, -0.15) is 0 Å². The molecule has 2 aliphatic heterocycles. The van der Waals surface area contributed by atoms with Gasteiger partial charge in [-0.05, 0) is 37.8 Å². The Hall–Kier alpha value is -1.35. The lowest BCUT2D eigenvalue weighted by molar-refractivity contribution is -0.127. The normalized spacial score (nSPS) is 27.2. The molecule has 17 heavy (non-hydrogen) atoms. The molecule has 0 bridgehead atoms. The number of carbonyl (C=O) groups excluding carboxylic acids is 1. The molecule has 3 nitrogen and oxygen atoms in total. The summed E-state index contributed by atoms with van der Waals surface area (Å²) in [5, 5.41) is 0. The highest BCUT2D eigenvalue weighted by atomic mass is 16.5. The number of benzene rings is 1. The minimum atomic E-state index is -0.219. The van der Waals surface area contributed by atoms with Crippen LogP contribution in [-0.4, -0.2) is 24.7 Å². The number of amides is 1. The Balaban J connectivity index is 1.89. The van der Waals surface area contributed by atoms with Crippen LogP contribution in [0.1, 0.15) is 25.3 Å². The molecule has 1 aromatic carbocycles. The van der Waals surface area contributed by atoms with Gasteiger partial charge in [-0.15, -0.1) is 0 Å².